The zero-order valence-electron chi connectivity index (χ0n) is 13.9. The maximum Gasteiger partial charge on any atom is 0.183 e. The van der Waals surface area contributed by atoms with Gasteiger partial charge < -0.3 is 30.5 Å². The largest absolute Gasteiger partial charge is 0.504 e. The van der Waals surface area contributed by atoms with Crippen molar-refractivity contribution in [3.63, 3.8) is 0 Å². The van der Waals surface area contributed by atoms with Gasteiger partial charge in [0.15, 0.2) is 11.5 Å². The van der Waals surface area contributed by atoms with Crippen molar-refractivity contribution in [2.75, 3.05) is 20.0 Å². The van der Waals surface area contributed by atoms with Gasteiger partial charge in [0.25, 0.3) is 0 Å². The van der Waals surface area contributed by atoms with Gasteiger partial charge in [-0.3, -0.25) is 0 Å². The van der Waals surface area contributed by atoms with Crippen LogP contribution in [0.4, 0.5) is 5.69 Å². The summed E-state index contributed by atoms with van der Waals surface area (Å²) in [6.45, 7) is -0.363. The molecule has 0 radical (unpaired) electrons. The number of methoxy groups -OCH3 is 2. The molecule has 0 spiro atoms. The van der Waals surface area contributed by atoms with Crippen LogP contribution in [0.1, 0.15) is 22.3 Å². The van der Waals surface area contributed by atoms with Gasteiger partial charge in [0.2, 0.25) is 0 Å². The average Bonchev–Trinajstić information content (AvgIpc) is 2.58. The molecule has 0 unspecified atom stereocenters. The van der Waals surface area contributed by atoms with Crippen molar-refractivity contribution >= 4 is 5.69 Å². The van der Waals surface area contributed by atoms with Crippen molar-refractivity contribution in [3.8, 4) is 17.2 Å². The summed E-state index contributed by atoms with van der Waals surface area (Å²) in [4.78, 5) is 0. The molecule has 0 aliphatic rings. The summed E-state index contributed by atoms with van der Waals surface area (Å²) in [5.41, 5.74) is 9.32. The first-order valence-electron chi connectivity index (χ1n) is 7.59. The van der Waals surface area contributed by atoms with Gasteiger partial charge in [0, 0.05) is 5.56 Å². The molecule has 0 aliphatic carbocycles. The van der Waals surface area contributed by atoms with E-state index < -0.39 is 0 Å². The van der Waals surface area contributed by atoms with E-state index in [1.165, 1.54) is 14.2 Å². The van der Waals surface area contributed by atoms with Crippen LogP contribution in [0.5, 0.6) is 17.2 Å². The maximum absolute atomic E-state index is 9.92. The lowest BCUT2D eigenvalue weighted by molar-refractivity contribution is 0.254. The van der Waals surface area contributed by atoms with Crippen LogP contribution in [0, 0.1) is 0 Å². The predicted molar refractivity (Wildman–Crippen MR) is 91.3 cm³/mol. The number of aryl methyl sites for hydroxylation is 2. The summed E-state index contributed by atoms with van der Waals surface area (Å²) in [6, 6.07) is 7.09. The van der Waals surface area contributed by atoms with E-state index in [0.717, 1.165) is 11.1 Å². The molecule has 5 N–H and O–H groups in total. The second kappa shape index (κ2) is 7.90. The van der Waals surface area contributed by atoms with Crippen molar-refractivity contribution in [2.24, 2.45) is 0 Å². The number of hydrogen-bond acceptors (Lipinski definition) is 6. The van der Waals surface area contributed by atoms with Gasteiger partial charge in [-0.05, 0) is 47.7 Å². The van der Waals surface area contributed by atoms with Crippen LogP contribution in [0.15, 0.2) is 24.3 Å². The Bertz CT molecular complexity index is 667. The second-order valence-electron chi connectivity index (χ2n) is 5.49. The fourth-order valence-electron chi connectivity index (χ4n) is 2.76. The summed E-state index contributed by atoms with van der Waals surface area (Å²) in [6.07, 6.45) is 1.31. The molecule has 2 rings (SSSR count). The molecular formula is C18H23NO5. The highest BCUT2D eigenvalue weighted by molar-refractivity contribution is 5.61. The van der Waals surface area contributed by atoms with Gasteiger partial charge in [0.05, 0.1) is 33.1 Å². The van der Waals surface area contributed by atoms with Crippen molar-refractivity contribution < 1.29 is 24.8 Å². The average molecular weight is 333 g/mol. The highest BCUT2D eigenvalue weighted by atomic mass is 16.5. The molecule has 6 nitrogen and oxygen atoms in total. The lowest BCUT2D eigenvalue weighted by Gasteiger charge is -2.14. The third kappa shape index (κ3) is 3.72. The highest BCUT2D eigenvalue weighted by Gasteiger charge is 2.12. The fourth-order valence-corrected chi connectivity index (χ4v) is 2.76. The minimum Gasteiger partial charge on any atom is -0.504 e. The summed E-state index contributed by atoms with van der Waals surface area (Å²) >= 11 is 0. The number of ether oxygens (including phenoxy) is 2. The summed E-state index contributed by atoms with van der Waals surface area (Å²) in [7, 11) is 2.98. The number of nitrogens with two attached hydrogens (primary N) is 1. The van der Waals surface area contributed by atoms with Crippen LogP contribution in [0.2, 0.25) is 0 Å². The monoisotopic (exact) mass is 333 g/mol. The van der Waals surface area contributed by atoms with Gasteiger partial charge in [-0.1, -0.05) is 6.07 Å². The topological polar surface area (TPSA) is 105 Å². The molecule has 24 heavy (non-hydrogen) atoms. The van der Waals surface area contributed by atoms with Crippen LogP contribution < -0.4 is 15.2 Å². The Morgan fingerprint density at radius 3 is 2.08 bits per heavy atom. The third-order valence-electron chi connectivity index (χ3n) is 3.97. The standard InChI is InChI=1S/C18H23NO5/c1-23-17-8-11(5-13(9-20)14(17)10-21)3-4-12-6-15(19)18(24-2)16(22)7-12/h5-8,20-22H,3-4,9-10,19H2,1-2H3. The minimum absolute atomic E-state index is 0.0109. The maximum atomic E-state index is 9.92. The van der Waals surface area contributed by atoms with Crippen LogP contribution in [0.3, 0.4) is 0 Å². The van der Waals surface area contributed by atoms with E-state index in [2.05, 4.69) is 0 Å². The Balaban J connectivity index is 2.23. The Morgan fingerprint density at radius 1 is 0.917 bits per heavy atom. The van der Waals surface area contributed by atoms with E-state index in [1.54, 1.807) is 12.1 Å². The zero-order valence-corrected chi connectivity index (χ0v) is 13.9. The number of hydrogen-bond donors (Lipinski definition) is 4. The SMILES string of the molecule is COc1cc(CCc2cc(N)c(OC)c(O)c2)cc(CO)c1CO. The number of aliphatic hydroxyl groups excluding tert-OH is 2. The molecule has 2 aromatic rings. The Kier molecular flexibility index (Phi) is 5.89. The Hall–Kier alpha value is -2.44. The van der Waals surface area contributed by atoms with Crippen molar-refractivity contribution in [3.05, 3.63) is 46.5 Å². The third-order valence-corrected chi connectivity index (χ3v) is 3.97. The van der Waals surface area contributed by atoms with Gasteiger partial charge in [-0.25, -0.2) is 0 Å². The molecule has 6 heteroatoms. The van der Waals surface area contributed by atoms with Crippen LogP contribution in [-0.2, 0) is 26.1 Å². The van der Waals surface area contributed by atoms with E-state index in [9.17, 15) is 15.3 Å². The molecule has 0 saturated carbocycles. The smallest absolute Gasteiger partial charge is 0.183 e. The number of benzene rings is 2. The van der Waals surface area contributed by atoms with Crippen LogP contribution >= 0.6 is 0 Å². The molecule has 0 heterocycles. The van der Waals surface area contributed by atoms with Gasteiger partial charge >= 0.3 is 0 Å². The molecule has 0 aromatic heterocycles. The second-order valence-corrected chi connectivity index (χ2v) is 5.49. The zero-order chi connectivity index (χ0) is 17.7. The van der Waals surface area contributed by atoms with Crippen molar-refractivity contribution in [1.29, 1.82) is 0 Å². The lowest BCUT2D eigenvalue weighted by Crippen LogP contribution is -2.02. The van der Waals surface area contributed by atoms with Gasteiger partial charge in [-0.2, -0.15) is 0 Å². The minimum atomic E-state index is -0.192. The number of phenolic OH excluding ortho intramolecular Hbond substituents is 1. The summed E-state index contributed by atoms with van der Waals surface area (Å²) in [5.74, 6) is 0.836. The first kappa shape index (κ1) is 17.9. The number of aliphatic hydroxyl groups is 2. The lowest BCUT2D eigenvalue weighted by atomic mass is 9.98. The van der Waals surface area contributed by atoms with Crippen molar-refractivity contribution in [2.45, 2.75) is 26.1 Å². The first-order valence-corrected chi connectivity index (χ1v) is 7.59. The van der Waals surface area contributed by atoms with Crippen LogP contribution in [-0.4, -0.2) is 29.5 Å². The molecule has 0 atom stereocenters. The van der Waals surface area contributed by atoms with E-state index in [-0.39, 0.29) is 24.7 Å². The molecular weight excluding hydrogens is 310 g/mol. The fraction of sp³-hybridized carbons (Fsp3) is 0.333. The molecule has 0 bridgehead atoms. The molecule has 130 valence electrons. The molecule has 0 aliphatic heterocycles. The van der Waals surface area contributed by atoms with Gasteiger partial charge in [0.1, 0.15) is 5.75 Å². The Morgan fingerprint density at radius 2 is 1.58 bits per heavy atom. The molecule has 0 amide bonds. The predicted octanol–water partition coefficient (Wildman–Crippen LogP) is 1.76. The van der Waals surface area contributed by atoms with E-state index >= 15 is 0 Å². The van der Waals surface area contributed by atoms with E-state index in [0.29, 0.717) is 35.4 Å². The Labute approximate surface area is 141 Å². The van der Waals surface area contributed by atoms with Gasteiger partial charge in [-0.15, -0.1) is 0 Å². The van der Waals surface area contributed by atoms with Crippen molar-refractivity contribution in [1.82, 2.24) is 0 Å². The number of anilines is 1. The number of phenols is 1. The number of aromatic hydroxyl groups is 1. The van der Waals surface area contributed by atoms with Crippen LogP contribution in [0.25, 0.3) is 0 Å². The number of rotatable bonds is 7. The number of nitrogen functional groups attached to an aromatic ring is 1. The summed E-state index contributed by atoms with van der Waals surface area (Å²) < 4.78 is 10.3. The molecule has 2 aromatic carbocycles. The van der Waals surface area contributed by atoms with E-state index in [1.807, 2.05) is 12.1 Å². The highest BCUT2D eigenvalue weighted by Crippen LogP contribution is 2.34. The summed E-state index contributed by atoms with van der Waals surface area (Å²) in [5, 5.41) is 28.8. The first-order chi connectivity index (χ1) is 11.5. The van der Waals surface area contributed by atoms with E-state index in [4.69, 9.17) is 15.2 Å². The quantitative estimate of drug-likeness (QED) is 0.576. The normalized spacial score (nSPS) is 10.7. The molecule has 0 fully saturated rings. The molecule has 0 saturated heterocycles.